The van der Waals surface area contributed by atoms with Gasteiger partial charge in [-0.3, -0.25) is 10.1 Å². The van der Waals surface area contributed by atoms with Crippen molar-refractivity contribution < 1.29 is 4.92 Å². The summed E-state index contributed by atoms with van der Waals surface area (Å²) in [5.41, 5.74) is 0.600. The van der Waals surface area contributed by atoms with E-state index < -0.39 is 4.92 Å². The number of nitro groups is 1. The Hall–Kier alpha value is -1.29. The molecule has 0 radical (unpaired) electrons. The van der Waals surface area contributed by atoms with Crippen LogP contribution in [0.15, 0.2) is 24.3 Å². The van der Waals surface area contributed by atoms with Crippen LogP contribution in [-0.4, -0.2) is 9.79 Å². The van der Waals surface area contributed by atoms with Gasteiger partial charge in [-0.15, -0.1) is 0 Å². The minimum absolute atomic E-state index is 0.0741. The lowest BCUT2D eigenvalue weighted by atomic mass is 10.1. The van der Waals surface area contributed by atoms with Gasteiger partial charge in [-0.1, -0.05) is 24.4 Å². The fraction of sp³-hybridized carbons (Fsp3) is 0.125. The Balaban J connectivity index is 3.27. The molecule has 0 N–H and O–H groups in total. The summed E-state index contributed by atoms with van der Waals surface area (Å²) in [6, 6.07) is 6.46. The highest BCUT2D eigenvalue weighted by Crippen LogP contribution is 2.18. The molecule has 0 fully saturated rings. The first kappa shape index (κ1) is 8.80. The first-order chi connectivity index (χ1) is 5.63. The van der Waals surface area contributed by atoms with Gasteiger partial charge in [-0.25, -0.2) is 0 Å². The standard InChI is InChI=1S/C8H7NO2S/c1-6(12)7-4-2-3-5-8(7)9(10)11/h2-5H,1H3. The van der Waals surface area contributed by atoms with Gasteiger partial charge in [0.05, 0.1) is 10.5 Å². The molecule has 0 aliphatic heterocycles. The van der Waals surface area contributed by atoms with E-state index in [0.29, 0.717) is 10.4 Å². The Labute approximate surface area is 75.2 Å². The van der Waals surface area contributed by atoms with Crippen molar-refractivity contribution in [2.75, 3.05) is 0 Å². The highest BCUT2D eigenvalue weighted by molar-refractivity contribution is 7.80. The van der Waals surface area contributed by atoms with Crippen LogP contribution in [0.3, 0.4) is 0 Å². The monoisotopic (exact) mass is 181 g/mol. The molecule has 1 aromatic carbocycles. The van der Waals surface area contributed by atoms with Crippen LogP contribution in [0.2, 0.25) is 0 Å². The molecule has 0 amide bonds. The number of hydrogen-bond donors (Lipinski definition) is 0. The van der Waals surface area contributed by atoms with Crippen molar-refractivity contribution in [2.45, 2.75) is 6.92 Å². The third-order valence-corrected chi connectivity index (χ3v) is 1.70. The van der Waals surface area contributed by atoms with E-state index in [4.69, 9.17) is 12.2 Å². The van der Waals surface area contributed by atoms with Crippen LogP contribution < -0.4 is 0 Å². The molecule has 0 saturated heterocycles. The Morgan fingerprint density at radius 2 is 2.08 bits per heavy atom. The Bertz CT molecular complexity index is 303. The third kappa shape index (κ3) is 1.65. The SMILES string of the molecule is CC(=S)c1ccccc1[N+](=O)[O-]. The highest BCUT2D eigenvalue weighted by Gasteiger charge is 2.12. The second-order valence-corrected chi connectivity index (χ2v) is 2.94. The molecule has 0 saturated carbocycles. The van der Waals surface area contributed by atoms with Crippen LogP contribution in [0.25, 0.3) is 0 Å². The maximum atomic E-state index is 10.5. The van der Waals surface area contributed by atoms with E-state index in [1.54, 1.807) is 25.1 Å². The van der Waals surface area contributed by atoms with Gasteiger partial charge in [0, 0.05) is 10.9 Å². The van der Waals surface area contributed by atoms with Crippen LogP contribution in [0.4, 0.5) is 5.69 Å². The van der Waals surface area contributed by atoms with Gasteiger partial charge in [0.1, 0.15) is 0 Å². The molecule has 0 spiro atoms. The van der Waals surface area contributed by atoms with Crippen LogP contribution in [-0.2, 0) is 0 Å². The predicted molar refractivity (Wildman–Crippen MR) is 50.5 cm³/mol. The lowest BCUT2D eigenvalue weighted by molar-refractivity contribution is -0.385. The van der Waals surface area contributed by atoms with E-state index in [9.17, 15) is 10.1 Å². The summed E-state index contributed by atoms with van der Waals surface area (Å²) in [5.74, 6) is 0. The molecular weight excluding hydrogens is 174 g/mol. The Morgan fingerprint density at radius 1 is 1.50 bits per heavy atom. The van der Waals surface area contributed by atoms with Gasteiger partial charge in [0.15, 0.2) is 0 Å². The smallest absolute Gasteiger partial charge is 0.258 e. The number of thiocarbonyl (C=S) groups is 1. The van der Waals surface area contributed by atoms with Gasteiger partial charge in [-0.2, -0.15) is 0 Å². The van der Waals surface area contributed by atoms with Gasteiger partial charge in [0.25, 0.3) is 5.69 Å². The van der Waals surface area contributed by atoms with Crippen molar-refractivity contribution in [1.29, 1.82) is 0 Å². The largest absolute Gasteiger partial charge is 0.277 e. The molecule has 0 aliphatic carbocycles. The minimum atomic E-state index is -0.425. The molecule has 0 bridgehead atoms. The molecule has 0 atom stereocenters. The lowest BCUT2D eigenvalue weighted by Crippen LogP contribution is -1.97. The quantitative estimate of drug-likeness (QED) is 0.304. The van der Waals surface area contributed by atoms with E-state index >= 15 is 0 Å². The fourth-order valence-corrected chi connectivity index (χ4v) is 1.10. The predicted octanol–water partition coefficient (Wildman–Crippen LogP) is 2.33. The average molecular weight is 181 g/mol. The zero-order valence-electron chi connectivity index (χ0n) is 6.48. The lowest BCUT2D eigenvalue weighted by Gasteiger charge is -1.98. The van der Waals surface area contributed by atoms with Crippen molar-refractivity contribution in [3.05, 3.63) is 39.9 Å². The molecule has 62 valence electrons. The zero-order valence-corrected chi connectivity index (χ0v) is 7.30. The van der Waals surface area contributed by atoms with Crippen molar-refractivity contribution in [2.24, 2.45) is 0 Å². The number of nitrogens with zero attached hydrogens (tertiary/aromatic N) is 1. The van der Waals surface area contributed by atoms with Crippen molar-refractivity contribution >= 4 is 22.8 Å². The number of rotatable bonds is 2. The summed E-state index contributed by atoms with van der Waals surface area (Å²) in [5, 5.41) is 10.5. The second kappa shape index (κ2) is 3.40. The second-order valence-electron chi connectivity index (χ2n) is 2.33. The van der Waals surface area contributed by atoms with E-state index in [1.165, 1.54) is 6.07 Å². The van der Waals surface area contributed by atoms with Gasteiger partial charge in [0.2, 0.25) is 0 Å². The molecule has 12 heavy (non-hydrogen) atoms. The number of hydrogen-bond acceptors (Lipinski definition) is 3. The number of para-hydroxylation sites is 1. The van der Waals surface area contributed by atoms with Crippen LogP contribution in [0.1, 0.15) is 12.5 Å². The van der Waals surface area contributed by atoms with E-state index in [2.05, 4.69) is 0 Å². The Kier molecular flexibility index (Phi) is 2.50. The molecule has 1 rings (SSSR count). The minimum Gasteiger partial charge on any atom is -0.258 e. The van der Waals surface area contributed by atoms with Crippen LogP contribution >= 0.6 is 12.2 Å². The van der Waals surface area contributed by atoms with Gasteiger partial charge < -0.3 is 0 Å². The summed E-state index contributed by atoms with van der Waals surface area (Å²) < 4.78 is 0. The first-order valence-corrected chi connectivity index (χ1v) is 3.78. The molecule has 1 aromatic rings. The molecule has 3 nitrogen and oxygen atoms in total. The van der Waals surface area contributed by atoms with Crippen LogP contribution in [0, 0.1) is 10.1 Å². The number of nitro benzene ring substituents is 1. The average Bonchev–Trinajstić information content (AvgIpc) is 2.04. The van der Waals surface area contributed by atoms with E-state index in [0.717, 1.165) is 0 Å². The first-order valence-electron chi connectivity index (χ1n) is 3.37. The summed E-state index contributed by atoms with van der Waals surface area (Å²) in [4.78, 5) is 10.6. The maximum absolute atomic E-state index is 10.5. The van der Waals surface area contributed by atoms with Crippen molar-refractivity contribution in [1.82, 2.24) is 0 Å². The highest BCUT2D eigenvalue weighted by atomic mass is 32.1. The van der Waals surface area contributed by atoms with Crippen molar-refractivity contribution in [3.63, 3.8) is 0 Å². The van der Waals surface area contributed by atoms with Gasteiger partial charge >= 0.3 is 0 Å². The molecule has 0 unspecified atom stereocenters. The summed E-state index contributed by atoms with van der Waals surface area (Å²) in [6.07, 6.45) is 0. The molecule has 0 heterocycles. The zero-order chi connectivity index (χ0) is 9.14. The van der Waals surface area contributed by atoms with Crippen molar-refractivity contribution in [3.8, 4) is 0 Å². The van der Waals surface area contributed by atoms with E-state index in [1.807, 2.05) is 0 Å². The third-order valence-electron chi connectivity index (χ3n) is 1.48. The van der Waals surface area contributed by atoms with Gasteiger partial charge in [-0.05, 0) is 13.0 Å². The van der Waals surface area contributed by atoms with Crippen LogP contribution in [0.5, 0.6) is 0 Å². The van der Waals surface area contributed by atoms with E-state index in [-0.39, 0.29) is 5.69 Å². The fourth-order valence-electron chi connectivity index (χ4n) is 0.931. The summed E-state index contributed by atoms with van der Waals surface area (Å²) in [6.45, 7) is 1.68. The normalized spacial score (nSPS) is 9.42. The molecular formula is C8H7NO2S. The molecule has 0 aliphatic rings. The topological polar surface area (TPSA) is 43.1 Å². The molecule has 0 aromatic heterocycles. The molecule has 4 heteroatoms. The number of benzene rings is 1. The Morgan fingerprint density at radius 3 is 2.50 bits per heavy atom. The summed E-state index contributed by atoms with van der Waals surface area (Å²) >= 11 is 4.86. The maximum Gasteiger partial charge on any atom is 0.277 e. The summed E-state index contributed by atoms with van der Waals surface area (Å²) in [7, 11) is 0.